The summed E-state index contributed by atoms with van der Waals surface area (Å²) >= 11 is 0. The van der Waals surface area contributed by atoms with Gasteiger partial charge in [-0.05, 0) is 42.8 Å². The van der Waals surface area contributed by atoms with Crippen LogP contribution in [0.25, 0.3) is 0 Å². The Labute approximate surface area is 198 Å². The van der Waals surface area contributed by atoms with E-state index in [0.717, 1.165) is 6.07 Å². The Balaban J connectivity index is 0.00000298. The van der Waals surface area contributed by atoms with Crippen LogP contribution in [0.3, 0.4) is 0 Å². The van der Waals surface area contributed by atoms with Crippen molar-refractivity contribution >= 4 is 11.8 Å². The molecule has 35 heavy (non-hydrogen) atoms. The molecule has 0 bridgehead atoms. The van der Waals surface area contributed by atoms with E-state index in [-0.39, 0.29) is 31.9 Å². The Bertz CT molecular complexity index is 954. The second-order valence-electron chi connectivity index (χ2n) is 6.77. The molecule has 192 valence electrons. The summed E-state index contributed by atoms with van der Waals surface area (Å²) in [5, 5.41) is 14.7. The highest BCUT2D eigenvalue weighted by Crippen LogP contribution is 2.32. The van der Waals surface area contributed by atoms with E-state index in [1.165, 1.54) is 24.3 Å². The van der Waals surface area contributed by atoms with Gasteiger partial charge >= 0.3 is 6.18 Å². The molecule has 0 aliphatic carbocycles. The Kier molecular flexibility index (Phi) is 12.2. The topological polar surface area (TPSA) is 96.9 Å². The van der Waals surface area contributed by atoms with Gasteiger partial charge in [-0.3, -0.25) is 9.59 Å². The molecule has 7 nitrogen and oxygen atoms in total. The summed E-state index contributed by atoms with van der Waals surface area (Å²) in [6.45, 7) is 5.00. The van der Waals surface area contributed by atoms with E-state index in [9.17, 15) is 36.6 Å². The predicted octanol–water partition coefficient (Wildman–Crippen LogP) is 3.23. The monoisotopic (exact) mass is 504 g/mol. The zero-order valence-electron chi connectivity index (χ0n) is 18.5. The number of aliphatic hydroxyl groups excluding tert-OH is 1. The van der Waals surface area contributed by atoms with E-state index >= 15 is 0 Å². The number of halogens is 5. The molecule has 2 aromatic rings. The predicted molar refractivity (Wildman–Crippen MR) is 117 cm³/mol. The quantitative estimate of drug-likeness (QED) is 0.323. The third kappa shape index (κ3) is 11.3. The number of aliphatic hydroxyl groups is 1. The zero-order chi connectivity index (χ0) is 26.4. The molecule has 0 heterocycles. The van der Waals surface area contributed by atoms with Crippen LogP contribution in [0.15, 0.2) is 55.6 Å². The highest BCUT2D eigenvalue weighted by molar-refractivity contribution is 5.78. The van der Waals surface area contributed by atoms with Crippen LogP contribution in [0.2, 0.25) is 0 Å². The van der Waals surface area contributed by atoms with Crippen LogP contribution in [0, 0.1) is 11.6 Å². The zero-order valence-corrected chi connectivity index (χ0v) is 18.5. The van der Waals surface area contributed by atoms with Crippen LogP contribution in [-0.4, -0.2) is 49.3 Å². The van der Waals surface area contributed by atoms with Gasteiger partial charge in [0.1, 0.15) is 23.1 Å². The van der Waals surface area contributed by atoms with Gasteiger partial charge in [0.2, 0.25) is 0 Å². The fourth-order valence-corrected chi connectivity index (χ4v) is 2.46. The SMILES string of the molecule is C=C.O=C(COc1ccc(C(F)(F)F)c(F)c1)NCCC(O)CNC(=O)COc1ccc(F)cc1. The first-order chi connectivity index (χ1) is 16.5. The van der Waals surface area contributed by atoms with E-state index < -0.39 is 47.9 Å². The maximum Gasteiger partial charge on any atom is 0.419 e. The van der Waals surface area contributed by atoms with Gasteiger partial charge in [0.15, 0.2) is 13.2 Å². The molecule has 1 unspecified atom stereocenters. The number of carbonyl (C=O) groups is 2. The second-order valence-corrected chi connectivity index (χ2v) is 6.77. The van der Waals surface area contributed by atoms with Gasteiger partial charge in [-0.2, -0.15) is 13.2 Å². The molecule has 2 rings (SSSR count). The number of alkyl halides is 3. The number of rotatable bonds is 11. The molecule has 2 amide bonds. The second kappa shape index (κ2) is 14.6. The van der Waals surface area contributed by atoms with Crippen LogP contribution in [0.1, 0.15) is 12.0 Å². The van der Waals surface area contributed by atoms with Crippen LogP contribution in [0.4, 0.5) is 22.0 Å². The molecule has 3 N–H and O–H groups in total. The first-order valence-electron chi connectivity index (χ1n) is 10.1. The van der Waals surface area contributed by atoms with Crippen molar-refractivity contribution in [2.24, 2.45) is 0 Å². The lowest BCUT2D eigenvalue weighted by Crippen LogP contribution is -2.37. The summed E-state index contributed by atoms with van der Waals surface area (Å²) in [7, 11) is 0. The molecule has 0 radical (unpaired) electrons. The minimum atomic E-state index is -4.84. The third-order valence-electron chi connectivity index (χ3n) is 4.13. The molecule has 0 spiro atoms. The summed E-state index contributed by atoms with van der Waals surface area (Å²) in [5.41, 5.74) is -1.44. The minimum Gasteiger partial charge on any atom is -0.484 e. The fraction of sp³-hybridized carbons (Fsp3) is 0.304. The Hall–Kier alpha value is -3.67. The average molecular weight is 504 g/mol. The summed E-state index contributed by atoms with van der Waals surface area (Å²) in [5.74, 6) is -3.06. The number of nitrogens with one attached hydrogen (secondary N) is 2. The average Bonchev–Trinajstić information content (AvgIpc) is 2.81. The van der Waals surface area contributed by atoms with Gasteiger partial charge in [0.25, 0.3) is 11.8 Å². The van der Waals surface area contributed by atoms with E-state index in [0.29, 0.717) is 17.9 Å². The normalized spacial score (nSPS) is 11.5. The third-order valence-corrected chi connectivity index (χ3v) is 4.13. The molecule has 0 fully saturated rings. The van der Waals surface area contributed by atoms with Gasteiger partial charge in [-0.25, -0.2) is 8.78 Å². The number of carbonyl (C=O) groups excluding carboxylic acids is 2. The number of benzene rings is 2. The Morgan fingerprint density at radius 1 is 0.914 bits per heavy atom. The summed E-state index contributed by atoms with van der Waals surface area (Å²) in [4.78, 5) is 23.4. The number of ether oxygens (including phenoxy) is 2. The minimum absolute atomic E-state index is 0.0205. The van der Waals surface area contributed by atoms with Crippen LogP contribution < -0.4 is 20.1 Å². The van der Waals surface area contributed by atoms with Crippen LogP contribution in [0.5, 0.6) is 11.5 Å². The molecule has 1 atom stereocenters. The molecule has 0 aliphatic rings. The first kappa shape index (κ1) is 29.4. The van der Waals surface area contributed by atoms with Crippen molar-refractivity contribution in [3.8, 4) is 11.5 Å². The molecule has 12 heteroatoms. The van der Waals surface area contributed by atoms with Crippen molar-refractivity contribution in [3.63, 3.8) is 0 Å². The van der Waals surface area contributed by atoms with Crippen molar-refractivity contribution < 1.29 is 46.1 Å². The highest BCUT2D eigenvalue weighted by atomic mass is 19.4. The van der Waals surface area contributed by atoms with Crippen molar-refractivity contribution in [1.29, 1.82) is 0 Å². The maximum atomic E-state index is 13.5. The van der Waals surface area contributed by atoms with Gasteiger partial charge in [0.05, 0.1) is 11.7 Å². The highest BCUT2D eigenvalue weighted by Gasteiger charge is 2.34. The summed E-state index contributed by atoms with van der Waals surface area (Å²) in [6.07, 6.45) is -5.74. The van der Waals surface area contributed by atoms with E-state index in [1.807, 2.05) is 0 Å². The smallest absolute Gasteiger partial charge is 0.419 e. The molecule has 0 saturated heterocycles. The molecule has 0 aliphatic heterocycles. The maximum absolute atomic E-state index is 13.5. The number of hydrogen-bond donors (Lipinski definition) is 3. The van der Waals surface area contributed by atoms with Crippen molar-refractivity contribution in [2.45, 2.75) is 18.7 Å². The molecular formula is C23H25F5N2O5. The summed E-state index contributed by atoms with van der Waals surface area (Å²) < 4.78 is 73.9. The molecule has 0 saturated carbocycles. The van der Waals surface area contributed by atoms with E-state index in [2.05, 4.69) is 23.8 Å². The summed E-state index contributed by atoms with van der Waals surface area (Å²) in [6, 6.07) is 7.01. The van der Waals surface area contributed by atoms with Crippen molar-refractivity contribution in [3.05, 3.63) is 72.8 Å². The van der Waals surface area contributed by atoms with Gasteiger partial charge in [-0.1, -0.05) is 0 Å². The Morgan fingerprint density at radius 3 is 2.03 bits per heavy atom. The van der Waals surface area contributed by atoms with E-state index in [4.69, 9.17) is 9.47 Å². The fourth-order valence-electron chi connectivity index (χ4n) is 2.46. The lowest BCUT2D eigenvalue weighted by molar-refractivity contribution is -0.140. The first-order valence-corrected chi connectivity index (χ1v) is 10.1. The lowest BCUT2D eigenvalue weighted by Gasteiger charge is -2.13. The molecular weight excluding hydrogens is 479 g/mol. The molecule has 0 aromatic heterocycles. The largest absolute Gasteiger partial charge is 0.484 e. The van der Waals surface area contributed by atoms with Crippen LogP contribution >= 0.6 is 0 Å². The van der Waals surface area contributed by atoms with E-state index in [1.54, 1.807) is 0 Å². The van der Waals surface area contributed by atoms with Gasteiger partial charge < -0.3 is 25.2 Å². The number of amides is 2. The Morgan fingerprint density at radius 2 is 1.46 bits per heavy atom. The standard InChI is InChI=1S/C21H21F5N2O5.C2H4/c22-13-1-3-15(4-2-13)32-12-20(31)28-10-14(29)7-8-27-19(30)11-33-16-5-6-17(18(23)9-16)21(24,25)26;1-2/h1-6,9,14,29H,7-8,10-12H2,(H,27,30)(H,28,31);1-2H2. The van der Waals surface area contributed by atoms with Crippen LogP contribution in [-0.2, 0) is 15.8 Å². The van der Waals surface area contributed by atoms with Gasteiger partial charge in [-0.15, -0.1) is 13.2 Å². The lowest BCUT2D eigenvalue weighted by atomic mass is 10.2. The van der Waals surface area contributed by atoms with Gasteiger partial charge in [0, 0.05) is 19.2 Å². The number of hydrogen-bond acceptors (Lipinski definition) is 5. The molecule has 2 aromatic carbocycles. The van der Waals surface area contributed by atoms with Crippen molar-refractivity contribution in [2.75, 3.05) is 26.3 Å². The van der Waals surface area contributed by atoms with Crippen molar-refractivity contribution in [1.82, 2.24) is 10.6 Å².